The lowest BCUT2D eigenvalue weighted by Crippen LogP contribution is -2.44. The third-order valence-electron chi connectivity index (χ3n) is 5.10. The number of hydrogen-bond donors (Lipinski definition) is 1. The van der Waals surface area contributed by atoms with E-state index in [9.17, 15) is 14.4 Å². The molecule has 2 aromatic carbocycles. The van der Waals surface area contributed by atoms with Gasteiger partial charge in [0.1, 0.15) is 6.54 Å². The average molecular weight is 408 g/mol. The summed E-state index contributed by atoms with van der Waals surface area (Å²) >= 11 is 0. The van der Waals surface area contributed by atoms with Gasteiger partial charge < -0.3 is 5.32 Å². The summed E-state index contributed by atoms with van der Waals surface area (Å²) in [4.78, 5) is 38.5. The number of carbonyl (C=O) groups excluding carboxylic acids is 1. The first-order chi connectivity index (χ1) is 14.4. The maximum Gasteiger partial charge on any atom is 0.331 e. The van der Waals surface area contributed by atoms with E-state index < -0.39 is 5.69 Å². The number of aryl methyl sites for hydroxylation is 1. The summed E-state index contributed by atoms with van der Waals surface area (Å²) in [5, 5.41) is 3.43. The summed E-state index contributed by atoms with van der Waals surface area (Å²) in [6.07, 6.45) is 1.67. The minimum absolute atomic E-state index is 0.0266. The van der Waals surface area contributed by atoms with Crippen LogP contribution in [0.1, 0.15) is 32.8 Å². The van der Waals surface area contributed by atoms with Crippen LogP contribution >= 0.6 is 0 Å². The van der Waals surface area contributed by atoms with Crippen LogP contribution in [0, 0.1) is 5.92 Å². The molecule has 0 saturated heterocycles. The molecule has 0 aliphatic carbocycles. The third kappa shape index (κ3) is 5.06. The van der Waals surface area contributed by atoms with E-state index in [4.69, 9.17) is 0 Å². The van der Waals surface area contributed by atoms with Crippen LogP contribution in [-0.2, 0) is 24.3 Å². The molecule has 1 atom stereocenters. The van der Waals surface area contributed by atoms with Gasteiger partial charge in [-0.25, -0.2) is 4.79 Å². The highest BCUT2D eigenvalue weighted by atomic mass is 16.2. The van der Waals surface area contributed by atoms with E-state index in [1.54, 1.807) is 24.3 Å². The van der Waals surface area contributed by atoms with Gasteiger partial charge in [-0.05, 0) is 43.4 Å². The minimum atomic E-state index is -0.445. The number of nitrogens with zero attached hydrogens (tertiary/aromatic N) is 2. The number of benzene rings is 2. The molecule has 1 N–H and O–H groups in total. The van der Waals surface area contributed by atoms with Crippen molar-refractivity contribution in [2.24, 2.45) is 5.92 Å². The SMILES string of the molecule is CC(C)Cn1c(=O)c2ccccc2n(CC(=O)N[C@H](C)CCc2ccccc2)c1=O. The van der Waals surface area contributed by atoms with Crippen LogP contribution in [0.3, 0.4) is 0 Å². The van der Waals surface area contributed by atoms with Crippen molar-refractivity contribution in [2.45, 2.75) is 52.7 Å². The van der Waals surface area contributed by atoms with Gasteiger partial charge in [0, 0.05) is 12.6 Å². The van der Waals surface area contributed by atoms with Crippen LogP contribution in [0.4, 0.5) is 0 Å². The number of hydrogen-bond acceptors (Lipinski definition) is 3. The first-order valence-electron chi connectivity index (χ1n) is 10.4. The molecule has 3 aromatic rings. The number of rotatable bonds is 8. The predicted molar refractivity (Wildman–Crippen MR) is 120 cm³/mol. The zero-order valence-electron chi connectivity index (χ0n) is 17.8. The third-order valence-corrected chi connectivity index (χ3v) is 5.10. The molecule has 30 heavy (non-hydrogen) atoms. The maximum absolute atomic E-state index is 13.0. The van der Waals surface area contributed by atoms with Crippen molar-refractivity contribution in [3.05, 3.63) is 81.0 Å². The molecule has 3 rings (SSSR count). The Labute approximate surface area is 176 Å². The molecule has 0 radical (unpaired) electrons. The normalized spacial score (nSPS) is 12.3. The zero-order chi connectivity index (χ0) is 21.7. The number of para-hydroxylation sites is 1. The minimum Gasteiger partial charge on any atom is -0.352 e. The van der Waals surface area contributed by atoms with Gasteiger partial charge in [-0.2, -0.15) is 0 Å². The van der Waals surface area contributed by atoms with E-state index >= 15 is 0 Å². The van der Waals surface area contributed by atoms with Crippen LogP contribution in [0.25, 0.3) is 10.9 Å². The smallest absolute Gasteiger partial charge is 0.331 e. The summed E-state index contributed by atoms with van der Waals surface area (Å²) in [6, 6.07) is 17.0. The van der Waals surface area contributed by atoms with Gasteiger partial charge in [0.15, 0.2) is 0 Å². The molecule has 1 aromatic heterocycles. The standard InChI is InChI=1S/C24H29N3O3/c1-17(2)15-27-23(29)20-11-7-8-12-21(20)26(24(27)30)16-22(28)25-18(3)13-14-19-9-5-4-6-10-19/h4-12,17-18H,13-16H2,1-3H3,(H,25,28)/t18-/m1/s1. The highest BCUT2D eigenvalue weighted by Crippen LogP contribution is 2.09. The summed E-state index contributed by atoms with van der Waals surface area (Å²) in [5.41, 5.74) is 0.956. The second-order valence-electron chi connectivity index (χ2n) is 8.19. The topological polar surface area (TPSA) is 73.1 Å². The number of amides is 1. The number of fused-ring (bicyclic) bond motifs is 1. The predicted octanol–water partition coefficient (Wildman–Crippen LogP) is 2.96. The fourth-order valence-corrected chi connectivity index (χ4v) is 3.61. The number of carbonyl (C=O) groups is 1. The zero-order valence-corrected chi connectivity index (χ0v) is 17.8. The molecule has 0 aliphatic rings. The maximum atomic E-state index is 13.0. The second kappa shape index (κ2) is 9.57. The van der Waals surface area contributed by atoms with E-state index in [1.807, 2.05) is 39.0 Å². The average Bonchev–Trinajstić information content (AvgIpc) is 2.73. The Hall–Kier alpha value is -3.15. The molecule has 1 amide bonds. The van der Waals surface area contributed by atoms with Gasteiger partial charge in [0.25, 0.3) is 5.56 Å². The molecule has 6 nitrogen and oxygen atoms in total. The molecule has 0 fully saturated rings. The first-order valence-corrected chi connectivity index (χ1v) is 10.4. The lowest BCUT2D eigenvalue weighted by atomic mass is 10.1. The summed E-state index contributed by atoms with van der Waals surface area (Å²) in [5.74, 6) is -0.102. The second-order valence-corrected chi connectivity index (χ2v) is 8.19. The number of nitrogens with one attached hydrogen (secondary N) is 1. The number of aromatic nitrogens is 2. The van der Waals surface area contributed by atoms with E-state index in [0.29, 0.717) is 17.4 Å². The van der Waals surface area contributed by atoms with Gasteiger partial charge in [-0.3, -0.25) is 18.7 Å². The highest BCUT2D eigenvalue weighted by molar-refractivity contribution is 5.81. The fraction of sp³-hybridized carbons (Fsp3) is 0.375. The van der Waals surface area contributed by atoms with Crippen LogP contribution in [-0.4, -0.2) is 21.1 Å². The largest absolute Gasteiger partial charge is 0.352 e. The van der Waals surface area contributed by atoms with Crippen molar-refractivity contribution in [2.75, 3.05) is 0 Å². The van der Waals surface area contributed by atoms with Crippen LogP contribution in [0.2, 0.25) is 0 Å². The Balaban J connectivity index is 1.79. The Kier molecular flexibility index (Phi) is 6.87. The monoisotopic (exact) mass is 407 g/mol. The Morgan fingerprint density at radius 1 is 0.933 bits per heavy atom. The van der Waals surface area contributed by atoms with Gasteiger partial charge in [-0.1, -0.05) is 56.3 Å². The van der Waals surface area contributed by atoms with E-state index in [1.165, 1.54) is 14.7 Å². The van der Waals surface area contributed by atoms with Crippen molar-refractivity contribution in [1.82, 2.24) is 14.5 Å². The van der Waals surface area contributed by atoms with Crippen molar-refractivity contribution in [1.29, 1.82) is 0 Å². The van der Waals surface area contributed by atoms with E-state index in [2.05, 4.69) is 17.4 Å². The Morgan fingerprint density at radius 3 is 2.30 bits per heavy atom. The summed E-state index contributed by atoms with van der Waals surface area (Å²) in [6.45, 7) is 6.06. The van der Waals surface area contributed by atoms with Crippen molar-refractivity contribution >= 4 is 16.8 Å². The highest BCUT2D eigenvalue weighted by Gasteiger charge is 2.16. The van der Waals surface area contributed by atoms with Gasteiger partial charge in [-0.15, -0.1) is 0 Å². The van der Waals surface area contributed by atoms with Crippen LogP contribution < -0.4 is 16.6 Å². The summed E-state index contributed by atoms with van der Waals surface area (Å²) in [7, 11) is 0. The molecule has 0 unspecified atom stereocenters. The van der Waals surface area contributed by atoms with Crippen molar-refractivity contribution in [3.63, 3.8) is 0 Å². The van der Waals surface area contributed by atoms with Crippen LogP contribution in [0.15, 0.2) is 64.2 Å². The molecule has 158 valence electrons. The Morgan fingerprint density at radius 2 is 1.60 bits per heavy atom. The molecule has 1 heterocycles. The van der Waals surface area contributed by atoms with Gasteiger partial charge in [0.2, 0.25) is 5.91 Å². The molecule has 0 spiro atoms. The lowest BCUT2D eigenvalue weighted by molar-refractivity contribution is -0.122. The molecule has 0 saturated carbocycles. The van der Waals surface area contributed by atoms with Gasteiger partial charge in [0.05, 0.1) is 10.9 Å². The fourth-order valence-electron chi connectivity index (χ4n) is 3.61. The van der Waals surface area contributed by atoms with Crippen molar-refractivity contribution < 1.29 is 4.79 Å². The first kappa shape index (κ1) is 21.6. The van der Waals surface area contributed by atoms with Gasteiger partial charge >= 0.3 is 5.69 Å². The van der Waals surface area contributed by atoms with E-state index in [-0.39, 0.29) is 30.0 Å². The Bertz CT molecular complexity index is 1130. The molecule has 0 bridgehead atoms. The summed E-state index contributed by atoms with van der Waals surface area (Å²) < 4.78 is 2.64. The molecular weight excluding hydrogens is 378 g/mol. The molecule has 6 heteroatoms. The van der Waals surface area contributed by atoms with E-state index in [0.717, 1.165) is 12.8 Å². The molecular formula is C24H29N3O3. The lowest BCUT2D eigenvalue weighted by Gasteiger charge is -2.17. The molecule has 0 aliphatic heterocycles. The van der Waals surface area contributed by atoms with Crippen LogP contribution in [0.5, 0.6) is 0 Å². The quantitative estimate of drug-likeness (QED) is 0.624. The van der Waals surface area contributed by atoms with Crippen molar-refractivity contribution in [3.8, 4) is 0 Å².